The fourth-order valence-electron chi connectivity index (χ4n) is 5.00. The van der Waals surface area contributed by atoms with Crippen molar-refractivity contribution in [3.8, 4) is 11.8 Å². The summed E-state index contributed by atoms with van der Waals surface area (Å²) in [6.07, 6.45) is 10.5. The Kier molecular flexibility index (Phi) is 10.3. The van der Waals surface area contributed by atoms with Gasteiger partial charge in [-0.15, -0.1) is 23.1 Å². The Bertz CT molecular complexity index is 1800. The average Bonchev–Trinajstić information content (AvgIpc) is 3.76. The molecule has 3 heterocycles. The first-order valence-electron chi connectivity index (χ1n) is 14.4. The highest BCUT2D eigenvalue weighted by Gasteiger charge is 2.43. The number of nitrogens with one attached hydrogen (secondary N) is 2. The van der Waals surface area contributed by atoms with Crippen molar-refractivity contribution in [3.05, 3.63) is 129 Å². The van der Waals surface area contributed by atoms with Crippen LogP contribution in [0.25, 0.3) is 10.9 Å². The molecule has 0 aliphatic carbocycles. The van der Waals surface area contributed by atoms with Crippen molar-refractivity contribution in [2.75, 3.05) is 6.54 Å². The number of amides is 2. The van der Waals surface area contributed by atoms with Gasteiger partial charge in [0.1, 0.15) is 11.7 Å². The van der Waals surface area contributed by atoms with Crippen LogP contribution < -0.4 is 5.32 Å². The van der Waals surface area contributed by atoms with Crippen molar-refractivity contribution in [2.45, 2.75) is 37.3 Å². The quantitative estimate of drug-likeness (QED) is 0.0874. The molecule has 2 amide bonds. The normalized spacial score (nSPS) is 17.2. The third-order valence-electron chi connectivity index (χ3n) is 7.15. The second-order valence-corrected chi connectivity index (χ2v) is 12.7. The van der Waals surface area contributed by atoms with Crippen molar-refractivity contribution in [1.29, 1.82) is 0 Å². The standard InChI is InChI=1S/C36H33N3O3S2/c1-3-4-10-27(24-40)21-25(2)39-35(42)33(22-34(41)37-20-19-28-23-38-31-14-9-8-13-30(28)31)44-36(39)32-18-17-29(43-32)16-15-26-11-6-5-7-12-26/h3-14,17-18,21,23-24,33,36,38H,19-20,22H2,1-2H3,(H,37,41)/b4-3-,25-21+,27-10+. The highest BCUT2D eigenvalue weighted by Crippen LogP contribution is 2.48. The van der Waals surface area contributed by atoms with Gasteiger partial charge in [-0.25, -0.2) is 0 Å². The number of fused-ring (bicyclic) bond motifs is 1. The summed E-state index contributed by atoms with van der Waals surface area (Å²) in [7, 11) is 0. The lowest BCUT2D eigenvalue weighted by molar-refractivity contribution is -0.130. The topological polar surface area (TPSA) is 82.3 Å². The predicted molar refractivity (Wildman–Crippen MR) is 180 cm³/mol. The average molecular weight is 620 g/mol. The van der Waals surface area contributed by atoms with Gasteiger partial charge in [0.05, 0.1) is 10.1 Å². The summed E-state index contributed by atoms with van der Waals surface area (Å²) in [6, 6.07) is 21.8. The molecular weight excluding hydrogens is 587 g/mol. The van der Waals surface area contributed by atoms with Crippen molar-refractivity contribution < 1.29 is 14.4 Å². The fourth-order valence-corrected chi connectivity index (χ4v) is 7.54. The smallest absolute Gasteiger partial charge is 0.241 e. The molecule has 1 aliphatic rings. The molecule has 1 saturated heterocycles. The number of aldehydes is 1. The zero-order chi connectivity index (χ0) is 30.9. The van der Waals surface area contributed by atoms with E-state index in [2.05, 4.69) is 28.2 Å². The Morgan fingerprint density at radius 1 is 1.07 bits per heavy atom. The highest BCUT2D eigenvalue weighted by molar-refractivity contribution is 8.01. The van der Waals surface area contributed by atoms with Crippen LogP contribution in [0.15, 0.2) is 109 Å². The van der Waals surface area contributed by atoms with Crippen LogP contribution in [0.2, 0.25) is 0 Å². The number of benzene rings is 2. The first kappa shape index (κ1) is 30.9. The number of carbonyl (C=O) groups is 3. The Labute approximate surface area is 265 Å². The van der Waals surface area contributed by atoms with Crippen molar-refractivity contribution in [2.24, 2.45) is 0 Å². The summed E-state index contributed by atoms with van der Waals surface area (Å²) in [5.41, 5.74) is 4.23. The molecule has 222 valence electrons. The lowest BCUT2D eigenvalue weighted by Gasteiger charge is -2.23. The summed E-state index contributed by atoms with van der Waals surface area (Å²) in [5, 5.41) is 3.25. The molecule has 0 bridgehead atoms. The van der Waals surface area contributed by atoms with Crippen LogP contribution in [0.1, 0.15) is 46.5 Å². The zero-order valence-electron chi connectivity index (χ0n) is 24.6. The molecule has 1 aliphatic heterocycles. The van der Waals surface area contributed by atoms with Gasteiger partial charge in [0, 0.05) is 51.8 Å². The minimum absolute atomic E-state index is 0.0681. The molecule has 2 N–H and O–H groups in total. The van der Waals surface area contributed by atoms with Crippen LogP contribution in [-0.2, 0) is 20.8 Å². The van der Waals surface area contributed by atoms with E-state index in [1.54, 1.807) is 23.1 Å². The number of para-hydroxylation sites is 1. The first-order valence-corrected chi connectivity index (χ1v) is 16.2. The minimum atomic E-state index is -0.559. The molecule has 0 radical (unpaired) electrons. The summed E-state index contributed by atoms with van der Waals surface area (Å²) in [5.74, 6) is 6.10. The predicted octanol–water partition coefficient (Wildman–Crippen LogP) is 6.93. The van der Waals surface area contributed by atoms with E-state index in [1.165, 1.54) is 23.1 Å². The Balaban J connectivity index is 1.32. The summed E-state index contributed by atoms with van der Waals surface area (Å²) in [4.78, 5) is 45.4. The molecule has 4 aromatic rings. The molecule has 8 heteroatoms. The van der Waals surface area contributed by atoms with E-state index in [1.807, 2.05) is 86.8 Å². The van der Waals surface area contributed by atoms with Gasteiger partial charge in [0.15, 0.2) is 0 Å². The van der Waals surface area contributed by atoms with E-state index in [9.17, 15) is 14.4 Å². The second kappa shape index (κ2) is 14.7. The van der Waals surface area contributed by atoms with Gasteiger partial charge < -0.3 is 10.3 Å². The number of hydrogen-bond donors (Lipinski definition) is 2. The van der Waals surface area contributed by atoms with E-state index >= 15 is 0 Å². The van der Waals surface area contributed by atoms with Crippen molar-refractivity contribution in [1.82, 2.24) is 15.2 Å². The maximum absolute atomic E-state index is 13.8. The number of allylic oxidation sites excluding steroid dienone is 6. The number of carbonyl (C=O) groups excluding carboxylic acids is 3. The van der Waals surface area contributed by atoms with Gasteiger partial charge in [0.2, 0.25) is 11.8 Å². The van der Waals surface area contributed by atoms with E-state index in [4.69, 9.17) is 0 Å². The molecule has 6 nitrogen and oxygen atoms in total. The number of nitrogens with zero attached hydrogens (tertiary/aromatic N) is 1. The largest absolute Gasteiger partial charge is 0.361 e. The van der Waals surface area contributed by atoms with Gasteiger partial charge in [-0.2, -0.15) is 0 Å². The third-order valence-corrected chi connectivity index (χ3v) is 9.77. The van der Waals surface area contributed by atoms with Gasteiger partial charge >= 0.3 is 0 Å². The Morgan fingerprint density at radius 3 is 2.66 bits per heavy atom. The highest BCUT2D eigenvalue weighted by atomic mass is 32.2. The number of thioether (sulfide) groups is 1. The Hall–Kier alpha value is -4.58. The fraction of sp³-hybridized carbons (Fsp3) is 0.194. The molecule has 5 rings (SSSR count). The number of rotatable bonds is 10. The van der Waals surface area contributed by atoms with Crippen LogP contribution in [0.5, 0.6) is 0 Å². The first-order chi connectivity index (χ1) is 21.5. The number of H-pyrrole nitrogens is 1. The molecule has 0 saturated carbocycles. The van der Waals surface area contributed by atoms with E-state index in [0.717, 1.165) is 38.1 Å². The monoisotopic (exact) mass is 619 g/mol. The van der Waals surface area contributed by atoms with Gasteiger partial charge in [0.25, 0.3) is 0 Å². The van der Waals surface area contributed by atoms with Crippen molar-refractivity contribution in [3.63, 3.8) is 0 Å². The Morgan fingerprint density at radius 2 is 1.86 bits per heavy atom. The third kappa shape index (κ3) is 7.49. The molecule has 0 spiro atoms. The molecule has 2 atom stereocenters. The number of hydrogen-bond acceptors (Lipinski definition) is 5. The van der Waals surface area contributed by atoms with Crippen LogP contribution >= 0.6 is 23.1 Å². The summed E-state index contributed by atoms with van der Waals surface area (Å²) in [6.45, 7) is 4.17. The minimum Gasteiger partial charge on any atom is -0.361 e. The molecular formula is C36H33N3O3S2. The molecule has 2 unspecified atom stereocenters. The van der Waals surface area contributed by atoms with E-state index in [-0.39, 0.29) is 23.6 Å². The second-order valence-electron chi connectivity index (χ2n) is 10.3. The number of thiophene rings is 1. The molecule has 44 heavy (non-hydrogen) atoms. The molecule has 2 aromatic carbocycles. The van der Waals surface area contributed by atoms with Crippen LogP contribution in [-0.4, -0.2) is 39.8 Å². The lowest BCUT2D eigenvalue weighted by Crippen LogP contribution is -2.34. The maximum atomic E-state index is 13.8. The van der Waals surface area contributed by atoms with Crippen LogP contribution in [0, 0.1) is 11.8 Å². The van der Waals surface area contributed by atoms with Crippen LogP contribution in [0.4, 0.5) is 0 Å². The van der Waals surface area contributed by atoms with Gasteiger partial charge in [-0.05, 0) is 62.2 Å². The molecule has 1 fully saturated rings. The number of aromatic amines is 1. The number of aromatic nitrogens is 1. The van der Waals surface area contributed by atoms with Gasteiger partial charge in [-0.1, -0.05) is 66.5 Å². The zero-order valence-corrected chi connectivity index (χ0v) is 26.2. The van der Waals surface area contributed by atoms with Crippen molar-refractivity contribution >= 4 is 52.1 Å². The van der Waals surface area contributed by atoms with Gasteiger partial charge in [-0.3, -0.25) is 19.3 Å². The van der Waals surface area contributed by atoms with E-state index < -0.39 is 5.25 Å². The van der Waals surface area contributed by atoms with E-state index in [0.29, 0.717) is 24.2 Å². The summed E-state index contributed by atoms with van der Waals surface area (Å²) >= 11 is 2.99. The molecule has 2 aromatic heterocycles. The maximum Gasteiger partial charge on any atom is 0.241 e. The lowest BCUT2D eigenvalue weighted by atomic mass is 10.1. The summed E-state index contributed by atoms with van der Waals surface area (Å²) < 4.78 is 0. The van der Waals surface area contributed by atoms with Crippen LogP contribution in [0.3, 0.4) is 0 Å². The SMILES string of the molecule is C\C=C/C=C(C=O)\C=C(/C)N1C(=O)C(CC(=O)NCCc2c[nH]c3ccccc23)SC1c1ccc(C#Cc2ccccc2)s1.